The normalized spacial score (nSPS) is 16.4. The summed E-state index contributed by atoms with van der Waals surface area (Å²) in [6.07, 6.45) is -0.624. The van der Waals surface area contributed by atoms with Crippen molar-refractivity contribution in [2.24, 2.45) is 0 Å². The lowest BCUT2D eigenvalue weighted by molar-refractivity contribution is -0.136. The Bertz CT molecular complexity index is 1440. The number of halogens is 1. The number of carboxylic acid groups (broad SMARTS) is 1. The molecule has 10 heteroatoms. The molecule has 0 spiro atoms. The van der Waals surface area contributed by atoms with Crippen LogP contribution in [0.5, 0.6) is 11.5 Å². The predicted octanol–water partition coefficient (Wildman–Crippen LogP) is 4.89. The van der Waals surface area contributed by atoms with Gasteiger partial charge in [0, 0.05) is 10.6 Å². The van der Waals surface area contributed by atoms with Gasteiger partial charge in [0.2, 0.25) is 0 Å². The molecule has 0 aliphatic carbocycles. The van der Waals surface area contributed by atoms with Gasteiger partial charge in [-0.25, -0.2) is 0 Å². The number of nitrogens with zero attached hydrogens (tertiary/aromatic N) is 4. The Kier molecular flexibility index (Phi) is 7.07. The van der Waals surface area contributed by atoms with Crippen LogP contribution in [0.1, 0.15) is 41.1 Å². The molecular weight excluding hydrogens is 496 g/mol. The first-order valence-electron chi connectivity index (χ1n) is 11.7. The summed E-state index contributed by atoms with van der Waals surface area (Å²) in [6.45, 7) is 0.380. The average molecular weight is 521 g/mol. The summed E-state index contributed by atoms with van der Waals surface area (Å²) in [7, 11) is 3.21. The summed E-state index contributed by atoms with van der Waals surface area (Å²) in [6, 6.07) is 19.6. The molecule has 0 amide bonds. The minimum absolute atomic E-state index is 0.163. The maximum Gasteiger partial charge on any atom is 0.311 e. The van der Waals surface area contributed by atoms with E-state index >= 15 is 0 Å². The second kappa shape index (κ2) is 10.6. The summed E-state index contributed by atoms with van der Waals surface area (Å²) in [4.78, 5) is 12.4. The quantitative estimate of drug-likeness (QED) is 0.350. The van der Waals surface area contributed by atoms with Crippen LogP contribution in [-0.4, -0.2) is 45.5 Å². The highest BCUT2D eigenvalue weighted by molar-refractivity contribution is 6.30. The van der Waals surface area contributed by atoms with Crippen molar-refractivity contribution in [2.45, 2.75) is 31.6 Å². The van der Waals surface area contributed by atoms with Gasteiger partial charge in [-0.15, -0.1) is 10.2 Å². The number of methoxy groups -OCH3 is 2. The number of benzene rings is 3. The molecular formula is C27H25ClN4O5. The molecule has 190 valence electrons. The van der Waals surface area contributed by atoms with Gasteiger partial charge in [0.15, 0.2) is 17.3 Å². The number of hydrogen-bond donors (Lipinski definition) is 1. The largest absolute Gasteiger partial charge is 0.493 e. The zero-order chi connectivity index (χ0) is 25.9. The molecule has 0 bridgehead atoms. The van der Waals surface area contributed by atoms with Gasteiger partial charge < -0.3 is 19.3 Å². The second-order valence-electron chi connectivity index (χ2n) is 8.57. The number of aromatic nitrogens is 4. The minimum Gasteiger partial charge on any atom is -0.493 e. The van der Waals surface area contributed by atoms with Gasteiger partial charge in [0.25, 0.3) is 0 Å². The van der Waals surface area contributed by atoms with Gasteiger partial charge in [-0.3, -0.25) is 4.79 Å². The Labute approximate surface area is 218 Å². The third kappa shape index (κ3) is 5.00. The lowest BCUT2D eigenvalue weighted by Crippen LogP contribution is -2.15. The van der Waals surface area contributed by atoms with Crippen molar-refractivity contribution in [3.05, 3.63) is 88.2 Å². The molecule has 1 N–H and O–H groups in total. The van der Waals surface area contributed by atoms with Crippen molar-refractivity contribution in [2.75, 3.05) is 14.2 Å². The van der Waals surface area contributed by atoms with Crippen LogP contribution in [0.2, 0.25) is 5.02 Å². The monoisotopic (exact) mass is 520 g/mol. The van der Waals surface area contributed by atoms with E-state index in [4.69, 9.17) is 30.9 Å². The molecule has 2 atom stereocenters. The number of carbonyl (C=O) groups is 1. The van der Waals surface area contributed by atoms with Crippen molar-refractivity contribution in [3.8, 4) is 22.6 Å². The Hall–Kier alpha value is -3.95. The zero-order valence-electron chi connectivity index (χ0n) is 20.3. The lowest BCUT2D eigenvalue weighted by atomic mass is 9.90. The van der Waals surface area contributed by atoms with Crippen LogP contribution in [-0.2, 0) is 22.5 Å². The van der Waals surface area contributed by atoms with Crippen molar-refractivity contribution >= 4 is 17.6 Å². The Morgan fingerprint density at radius 3 is 2.59 bits per heavy atom. The van der Waals surface area contributed by atoms with E-state index in [1.807, 2.05) is 54.6 Å². The van der Waals surface area contributed by atoms with Crippen LogP contribution >= 0.6 is 11.6 Å². The molecule has 0 fully saturated rings. The molecule has 5 rings (SSSR count). The maximum atomic E-state index is 11.0. The minimum atomic E-state index is -1.01. The van der Waals surface area contributed by atoms with Crippen LogP contribution in [0.25, 0.3) is 11.1 Å². The highest BCUT2D eigenvalue weighted by atomic mass is 35.5. The fourth-order valence-corrected chi connectivity index (χ4v) is 4.90. The number of carboxylic acids is 1. The van der Waals surface area contributed by atoms with Gasteiger partial charge >= 0.3 is 5.97 Å². The Balaban J connectivity index is 1.58. The van der Waals surface area contributed by atoms with Gasteiger partial charge in [0.05, 0.1) is 26.9 Å². The fraction of sp³-hybridized carbons (Fsp3) is 0.259. The van der Waals surface area contributed by atoms with Gasteiger partial charge in [-0.1, -0.05) is 54.1 Å². The summed E-state index contributed by atoms with van der Waals surface area (Å²) in [5, 5.41) is 21.7. The summed E-state index contributed by atoms with van der Waals surface area (Å²) in [5.74, 6) is 0.341. The number of hydrogen-bond acceptors (Lipinski definition) is 7. The first-order valence-corrected chi connectivity index (χ1v) is 12.1. The molecule has 4 aromatic rings. The summed E-state index contributed by atoms with van der Waals surface area (Å²) < 4.78 is 18.2. The van der Waals surface area contributed by atoms with E-state index in [9.17, 15) is 4.79 Å². The van der Waals surface area contributed by atoms with E-state index in [1.54, 1.807) is 14.2 Å². The lowest BCUT2D eigenvalue weighted by Gasteiger charge is -2.26. The van der Waals surface area contributed by atoms with E-state index in [-0.39, 0.29) is 18.3 Å². The van der Waals surface area contributed by atoms with Gasteiger partial charge in [0.1, 0.15) is 12.5 Å². The first kappa shape index (κ1) is 24.7. The third-order valence-corrected chi connectivity index (χ3v) is 6.54. The second-order valence-corrected chi connectivity index (χ2v) is 9.00. The molecule has 2 heterocycles. The molecule has 3 aromatic carbocycles. The van der Waals surface area contributed by atoms with E-state index in [0.717, 1.165) is 27.8 Å². The topological polar surface area (TPSA) is 109 Å². The number of ether oxygens (including phenoxy) is 3. The molecule has 9 nitrogen and oxygen atoms in total. The highest BCUT2D eigenvalue weighted by Crippen LogP contribution is 2.49. The fourth-order valence-electron chi connectivity index (χ4n) is 4.72. The van der Waals surface area contributed by atoms with Crippen LogP contribution in [0.4, 0.5) is 0 Å². The average Bonchev–Trinajstić information content (AvgIpc) is 3.29. The van der Waals surface area contributed by atoms with Gasteiger partial charge in [-0.05, 0) is 52.1 Å². The number of aliphatic carboxylic acids is 1. The summed E-state index contributed by atoms with van der Waals surface area (Å²) >= 11 is 6.48. The van der Waals surface area contributed by atoms with Gasteiger partial charge in [-0.2, -0.15) is 4.80 Å². The van der Waals surface area contributed by atoms with Crippen molar-refractivity contribution in [1.29, 1.82) is 0 Å². The molecule has 0 radical (unpaired) electrons. The number of aryl methyl sites for hydroxylation is 1. The van der Waals surface area contributed by atoms with Crippen LogP contribution < -0.4 is 9.47 Å². The van der Waals surface area contributed by atoms with E-state index in [2.05, 4.69) is 21.5 Å². The number of rotatable bonds is 8. The standard InChI is InChI=1S/C27H25ClN4O5/c1-35-23-9-5-8-20(27(23)36-2)26-21-14-16(28)10-11-18(21)17-6-3-4-7-19(17)22(37-26)12-13-32-30-24(29-31-32)15-25(33)34/h3-11,14,22,26H,12-13,15H2,1-2H3,(H,33,34)/t22-,26-/m1/s1. The molecule has 1 aliphatic heterocycles. The molecule has 1 aliphatic rings. The van der Waals surface area contributed by atoms with E-state index in [1.165, 1.54) is 4.80 Å². The van der Waals surface area contributed by atoms with Crippen LogP contribution in [0, 0.1) is 0 Å². The summed E-state index contributed by atoms with van der Waals surface area (Å²) in [5.41, 5.74) is 4.80. The highest BCUT2D eigenvalue weighted by Gasteiger charge is 2.32. The molecule has 1 aromatic heterocycles. The third-order valence-electron chi connectivity index (χ3n) is 6.31. The molecule has 37 heavy (non-hydrogen) atoms. The molecule has 0 unspecified atom stereocenters. The van der Waals surface area contributed by atoms with Crippen molar-refractivity contribution in [3.63, 3.8) is 0 Å². The zero-order valence-corrected chi connectivity index (χ0v) is 21.1. The maximum absolute atomic E-state index is 11.0. The number of fused-ring (bicyclic) bond motifs is 3. The number of tetrazole rings is 1. The number of para-hydroxylation sites is 1. The molecule has 0 saturated carbocycles. The Morgan fingerprint density at radius 1 is 1.03 bits per heavy atom. The molecule has 0 saturated heterocycles. The predicted molar refractivity (Wildman–Crippen MR) is 136 cm³/mol. The SMILES string of the molecule is COc1cccc([C@H]2O[C@H](CCn3nnc(CC(=O)O)n3)c3ccccc3-c3ccc(Cl)cc32)c1OC. The van der Waals surface area contributed by atoms with Crippen LogP contribution in [0.15, 0.2) is 60.7 Å². The first-order chi connectivity index (χ1) is 18.0. The van der Waals surface area contributed by atoms with Crippen molar-refractivity contribution in [1.82, 2.24) is 20.2 Å². The smallest absolute Gasteiger partial charge is 0.311 e. The van der Waals surface area contributed by atoms with E-state index in [0.29, 0.717) is 29.5 Å². The Morgan fingerprint density at radius 2 is 1.81 bits per heavy atom. The van der Waals surface area contributed by atoms with E-state index < -0.39 is 12.1 Å². The van der Waals surface area contributed by atoms with Crippen LogP contribution in [0.3, 0.4) is 0 Å². The van der Waals surface area contributed by atoms with Crippen molar-refractivity contribution < 1.29 is 24.1 Å².